The fraction of sp³-hybridized carbons (Fsp3) is 0.333. The second-order valence-electron chi connectivity index (χ2n) is 4.85. The molecule has 0 amide bonds. The first-order valence-electron chi connectivity index (χ1n) is 7.06. The van der Waals surface area contributed by atoms with Gasteiger partial charge in [-0.2, -0.15) is 0 Å². The Morgan fingerprint density at radius 1 is 1.36 bits per heavy atom. The topological polar surface area (TPSA) is 87.3 Å². The van der Waals surface area contributed by atoms with Gasteiger partial charge >= 0.3 is 0 Å². The van der Waals surface area contributed by atoms with Crippen LogP contribution in [0.3, 0.4) is 0 Å². The van der Waals surface area contributed by atoms with E-state index in [0.717, 1.165) is 11.3 Å². The summed E-state index contributed by atoms with van der Waals surface area (Å²) >= 11 is 6.03. The van der Waals surface area contributed by atoms with E-state index in [1.165, 1.54) is 6.33 Å². The van der Waals surface area contributed by atoms with Crippen LogP contribution in [-0.4, -0.2) is 34.8 Å². The van der Waals surface area contributed by atoms with Gasteiger partial charge in [0.15, 0.2) is 11.6 Å². The molecule has 0 saturated carbocycles. The van der Waals surface area contributed by atoms with E-state index < -0.39 is 0 Å². The van der Waals surface area contributed by atoms with Crippen molar-refractivity contribution in [3.63, 3.8) is 0 Å². The highest BCUT2D eigenvalue weighted by Crippen LogP contribution is 2.30. The van der Waals surface area contributed by atoms with Crippen molar-refractivity contribution < 1.29 is 5.11 Å². The predicted molar refractivity (Wildman–Crippen MR) is 90.9 cm³/mol. The number of aromatic nitrogens is 2. The van der Waals surface area contributed by atoms with Gasteiger partial charge in [0.2, 0.25) is 0 Å². The molecule has 1 aromatic heterocycles. The number of aliphatic hydroxyl groups is 1. The maximum Gasteiger partial charge on any atom is 0.159 e. The summed E-state index contributed by atoms with van der Waals surface area (Å²) in [4.78, 5) is 10.3. The zero-order chi connectivity index (χ0) is 16.1. The molecular weight excluding hydrogens is 302 g/mol. The van der Waals surface area contributed by atoms with Crippen molar-refractivity contribution in [1.29, 1.82) is 0 Å². The van der Waals surface area contributed by atoms with Crippen molar-refractivity contribution in [2.45, 2.75) is 13.8 Å². The lowest BCUT2D eigenvalue weighted by molar-refractivity contribution is 0.302. The number of halogens is 1. The second-order valence-corrected chi connectivity index (χ2v) is 5.28. The minimum Gasteiger partial charge on any atom is -0.395 e. The average molecular weight is 322 g/mol. The van der Waals surface area contributed by atoms with Gasteiger partial charge < -0.3 is 21.1 Å². The molecule has 0 saturated heterocycles. The normalized spacial score (nSPS) is 10.5. The first-order chi connectivity index (χ1) is 10.6. The average Bonchev–Trinajstić information content (AvgIpc) is 2.51. The number of nitrogens with two attached hydrogens (primary N) is 1. The Hall–Kier alpha value is -2.05. The van der Waals surface area contributed by atoms with Crippen LogP contribution in [0.15, 0.2) is 24.5 Å². The zero-order valence-corrected chi connectivity index (χ0v) is 13.4. The lowest BCUT2D eigenvalue weighted by Gasteiger charge is -2.23. The van der Waals surface area contributed by atoms with Crippen LogP contribution in [0.1, 0.15) is 12.5 Å². The van der Waals surface area contributed by atoms with Crippen molar-refractivity contribution in [1.82, 2.24) is 9.97 Å². The molecule has 4 N–H and O–H groups in total. The van der Waals surface area contributed by atoms with Gasteiger partial charge in [0, 0.05) is 23.8 Å². The minimum absolute atomic E-state index is 0.0352. The minimum atomic E-state index is 0.0352. The molecule has 0 unspecified atom stereocenters. The Labute approximate surface area is 134 Å². The molecule has 0 radical (unpaired) electrons. The van der Waals surface area contributed by atoms with E-state index in [1.807, 2.05) is 36.9 Å². The van der Waals surface area contributed by atoms with E-state index in [2.05, 4.69) is 15.3 Å². The van der Waals surface area contributed by atoms with Gasteiger partial charge in [0.25, 0.3) is 0 Å². The third-order valence-electron chi connectivity index (χ3n) is 3.37. The molecule has 0 spiro atoms. The Morgan fingerprint density at radius 2 is 2.14 bits per heavy atom. The van der Waals surface area contributed by atoms with E-state index in [-0.39, 0.29) is 6.61 Å². The lowest BCUT2D eigenvalue weighted by atomic mass is 10.2. The van der Waals surface area contributed by atoms with Gasteiger partial charge in [-0.3, -0.25) is 0 Å². The van der Waals surface area contributed by atoms with Crippen molar-refractivity contribution in [2.24, 2.45) is 0 Å². The number of nitrogen functional groups attached to an aromatic ring is 1. The number of benzene rings is 1. The Balaban J connectivity index is 2.34. The summed E-state index contributed by atoms with van der Waals surface area (Å²) in [6, 6.07) is 5.58. The monoisotopic (exact) mass is 321 g/mol. The van der Waals surface area contributed by atoms with E-state index in [0.29, 0.717) is 35.4 Å². The van der Waals surface area contributed by atoms with E-state index >= 15 is 0 Å². The second kappa shape index (κ2) is 7.29. The van der Waals surface area contributed by atoms with Crippen LogP contribution in [0, 0.1) is 6.92 Å². The molecular formula is C15H20ClN5O. The van der Waals surface area contributed by atoms with Gasteiger partial charge in [-0.1, -0.05) is 17.7 Å². The highest BCUT2D eigenvalue weighted by atomic mass is 35.5. The molecule has 0 bridgehead atoms. The van der Waals surface area contributed by atoms with Crippen LogP contribution in [0.25, 0.3) is 0 Å². The predicted octanol–water partition coefficient (Wildman–Crippen LogP) is 2.58. The number of likely N-dealkylation sites (N-methyl/N-ethyl adjacent to an activating group) is 1. The van der Waals surface area contributed by atoms with Gasteiger partial charge in [-0.05, 0) is 31.5 Å². The Bertz CT molecular complexity index is 650. The maximum atomic E-state index is 9.14. The van der Waals surface area contributed by atoms with Crippen LogP contribution in [-0.2, 0) is 0 Å². The van der Waals surface area contributed by atoms with Crippen molar-refractivity contribution >= 4 is 34.6 Å². The number of hydrogen-bond donors (Lipinski definition) is 3. The lowest BCUT2D eigenvalue weighted by Crippen LogP contribution is -2.28. The van der Waals surface area contributed by atoms with E-state index in [4.69, 9.17) is 22.4 Å². The fourth-order valence-electron chi connectivity index (χ4n) is 2.13. The number of anilines is 4. The Morgan fingerprint density at radius 3 is 2.82 bits per heavy atom. The van der Waals surface area contributed by atoms with Crippen molar-refractivity contribution in [3.05, 3.63) is 35.1 Å². The molecule has 0 aliphatic rings. The van der Waals surface area contributed by atoms with E-state index in [1.54, 1.807) is 0 Å². The smallest absolute Gasteiger partial charge is 0.159 e. The first-order valence-corrected chi connectivity index (χ1v) is 7.44. The van der Waals surface area contributed by atoms with Gasteiger partial charge in [0.1, 0.15) is 12.0 Å². The summed E-state index contributed by atoms with van der Waals surface area (Å²) in [6.07, 6.45) is 1.45. The summed E-state index contributed by atoms with van der Waals surface area (Å²) in [5.41, 5.74) is 8.50. The summed E-state index contributed by atoms with van der Waals surface area (Å²) in [7, 11) is 0. The largest absolute Gasteiger partial charge is 0.395 e. The molecule has 0 aliphatic carbocycles. The van der Waals surface area contributed by atoms with E-state index in [9.17, 15) is 0 Å². The summed E-state index contributed by atoms with van der Waals surface area (Å²) in [6.45, 7) is 5.14. The zero-order valence-electron chi connectivity index (χ0n) is 12.7. The molecule has 1 heterocycles. The highest BCUT2D eigenvalue weighted by molar-refractivity contribution is 6.30. The van der Waals surface area contributed by atoms with Crippen LogP contribution in [0.5, 0.6) is 0 Å². The number of aliphatic hydroxyl groups excluding tert-OH is 1. The summed E-state index contributed by atoms with van der Waals surface area (Å²) in [5, 5.41) is 13.0. The molecule has 1 aromatic carbocycles. The van der Waals surface area contributed by atoms with Crippen molar-refractivity contribution in [3.8, 4) is 0 Å². The maximum absolute atomic E-state index is 9.14. The molecule has 0 aliphatic heterocycles. The third-order valence-corrected chi connectivity index (χ3v) is 3.60. The highest BCUT2D eigenvalue weighted by Gasteiger charge is 2.14. The summed E-state index contributed by atoms with van der Waals surface area (Å²) < 4.78 is 0. The Kier molecular flexibility index (Phi) is 5.41. The van der Waals surface area contributed by atoms with Crippen LogP contribution >= 0.6 is 11.6 Å². The molecule has 0 fully saturated rings. The van der Waals surface area contributed by atoms with Crippen LogP contribution in [0.2, 0.25) is 5.02 Å². The molecule has 118 valence electrons. The standard InChI is InChI=1S/C15H20ClN5O/c1-3-21(6-7-22)15-13(17)14(18-9-19-15)20-12-8-11(16)5-4-10(12)2/h4-5,8-9,22H,3,6-7,17H2,1-2H3,(H,18,19,20). The third kappa shape index (κ3) is 3.58. The molecule has 0 atom stereocenters. The van der Waals surface area contributed by atoms with Crippen LogP contribution in [0.4, 0.5) is 23.0 Å². The number of hydrogen-bond acceptors (Lipinski definition) is 6. The first kappa shape index (κ1) is 16.3. The number of nitrogens with one attached hydrogen (secondary N) is 1. The SMILES string of the molecule is CCN(CCO)c1ncnc(Nc2cc(Cl)ccc2C)c1N. The van der Waals surface area contributed by atoms with Gasteiger partial charge in [-0.25, -0.2) is 9.97 Å². The molecule has 7 heteroatoms. The number of nitrogens with zero attached hydrogens (tertiary/aromatic N) is 3. The molecule has 2 aromatic rings. The quantitative estimate of drug-likeness (QED) is 0.758. The van der Waals surface area contributed by atoms with Gasteiger partial charge in [-0.15, -0.1) is 0 Å². The van der Waals surface area contributed by atoms with Crippen LogP contribution < -0.4 is 16.0 Å². The van der Waals surface area contributed by atoms with Gasteiger partial charge in [0.05, 0.1) is 6.61 Å². The molecule has 22 heavy (non-hydrogen) atoms. The number of aryl methyl sites for hydroxylation is 1. The fourth-order valence-corrected chi connectivity index (χ4v) is 2.30. The number of rotatable bonds is 6. The molecule has 6 nitrogen and oxygen atoms in total. The van der Waals surface area contributed by atoms with Crippen molar-refractivity contribution in [2.75, 3.05) is 35.6 Å². The summed E-state index contributed by atoms with van der Waals surface area (Å²) in [5.74, 6) is 1.13. The molecule has 2 rings (SSSR count).